The van der Waals surface area contributed by atoms with Gasteiger partial charge < -0.3 is 33.5 Å². The second-order valence-corrected chi connectivity index (χ2v) is 14.0. The Morgan fingerprint density at radius 3 is 1.97 bits per heavy atom. The lowest BCUT2D eigenvalue weighted by Gasteiger charge is -2.46. The second kappa shape index (κ2) is 17.9. The fourth-order valence-electron chi connectivity index (χ4n) is 7.28. The summed E-state index contributed by atoms with van der Waals surface area (Å²) in [5.74, 6) is 0.186. The molecule has 2 aromatic heterocycles. The van der Waals surface area contributed by atoms with Gasteiger partial charge in [-0.05, 0) is 65.2 Å². The first-order chi connectivity index (χ1) is 29.8. The van der Waals surface area contributed by atoms with Gasteiger partial charge in [0.15, 0.2) is 30.1 Å². The maximum absolute atomic E-state index is 13.9. The van der Waals surface area contributed by atoms with Gasteiger partial charge in [0.05, 0.1) is 32.7 Å². The molecule has 61 heavy (non-hydrogen) atoms. The number of aromatic amines is 1. The summed E-state index contributed by atoms with van der Waals surface area (Å²) in [7, 11) is 3.14. The predicted molar refractivity (Wildman–Crippen MR) is 223 cm³/mol. The number of carbonyl (C=O) groups is 2. The van der Waals surface area contributed by atoms with E-state index in [-0.39, 0.29) is 35.9 Å². The number of rotatable bonds is 14. The normalized spacial score (nSPS) is 17.6. The van der Waals surface area contributed by atoms with Gasteiger partial charge in [0.1, 0.15) is 35.1 Å². The van der Waals surface area contributed by atoms with E-state index in [0.29, 0.717) is 33.9 Å². The van der Waals surface area contributed by atoms with E-state index in [2.05, 4.69) is 20.3 Å². The molecule has 8 rings (SSSR count). The average Bonchev–Trinajstić information content (AvgIpc) is 3.73. The topological polar surface area (TPSA) is 185 Å². The van der Waals surface area contributed by atoms with Crippen LogP contribution in [0.2, 0.25) is 0 Å². The van der Waals surface area contributed by atoms with Crippen LogP contribution in [0.3, 0.4) is 0 Å². The van der Waals surface area contributed by atoms with E-state index in [4.69, 9.17) is 28.4 Å². The number of benzene rings is 5. The van der Waals surface area contributed by atoms with Gasteiger partial charge in [-0.2, -0.15) is 4.98 Å². The molecule has 3 N–H and O–H groups in total. The SMILES string of the molecule is COc1ccc(C(O[C@@H]2[C@@H](OC(=O)c3ccccc3)[C@@H](O)CO[C@H]2n2cnc3c(=O)[nH]c(NC(=O)COc4ccccc4)nc32)(c2ccccc2)c2ccc(OC)cc2)cc1. The number of para-hydroxylation sites is 1. The number of imidazole rings is 1. The van der Waals surface area contributed by atoms with Crippen LogP contribution in [0, 0.1) is 0 Å². The van der Waals surface area contributed by atoms with Gasteiger partial charge in [-0.25, -0.2) is 9.78 Å². The summed E-state index contributed by atoms with van der Waals surface area (Å²) in [4.78, 5) is 51.9. The molecule has 3 heterocycles. The van der Waals surface area contributed by atoms with Crippen molar-refractivity contribution in [2.24, 2.45) is 0 Å². The van der Waals surface area contributed by atoms with Crippen molar-refractivity contribution in [3.63, 3.8) is 0 Å². The summed E-state index contributed by atoms with van der Waals surface area (Å²) in [5, 5.41) is 14.3. The van der Waals surface area contributed by atoms with Crippen molar-refractivity contribution in [1.82, 2.24) is 19.5 Å². The number of ether oxygens (including phenoxy) is 6. The molecule has 0 saturated carbocycles. The number of aliphatic hydroxyl groups excluding tert-OH is 1. The van der Waals surface area contributed by atoms with E-state index in [1.165, 1.54) is 10.9 Å². The van der Waals surface area contributed by atoms with Crippen LogP contribution in [0.4, 0.5) is 5.95 Å². The van der Waals surface area contributed by atoms with Gasteiger partial charge in [0.2, 0.25) is 5.95 Å². The minimum absolute atomic E-state index is 0.00496. The molecule has 0 aliphatic carbocycles. The molecule has 1 aliphatic rings. The van der Waals surface area contributed by atoms with Crippen LogP contribution in [-0.4, -0.2) is 82.2 Å². The monoisotopic (exact) mass is 823 g/mol. The molecule has 0 unspecified atom stereocenters. The standard InChI is InChI=1S/C46H41N5O10/c1-56-33-22-18-31(19-23-33)46(30-14-8-4-9-15-30,32-20-24-34(57-2)25-21-32)61-40-39(60-44(55)29-12-6-3-7-13-29)36(52)26-59-43(40)51-28-47-38-41(51)49-45(50-42(38)54)48-37(53)27-58-35-16-10-5-11-17-35/h3-25,28,36,39-40,43,52H,26-27H2,1-2H3,(H2,48,49,50,53,54)/t36-,39-,40+,43+/m0/s1. The van der Waals surface area contributed by atoms with Gasteiger partial charge in [0.25, 0.3) is 11.5 Å². The van der Waals surface area contributed by atoms with Crippen LogP contribution in [0.1, 0.15) is 33.3 Å². The highest BCUT2D eigenvalue weighted by molar-refractivity contribution is 5.91. The molecular weight excluding hydrogens is 783 g/mol. The van der Waals surface area contributed by atoms with Crippen molar-refractivity contribution >= 4 is 29.0 Å². The largest absolute Gasteiger partial charge is 0.497 e. The van der Waals surface area contributed by atoms with Crippen LogP contribution in [-0.2, 0) is 24.6 Å². The molecule has 1 amide bonds. The molecule has 0 bridgehead atoms. The lowest BCUT2D eigenvalue weighted by Crippen LogP contribution is -2.56. The number of hydrogen-bond donors (Lipinski definition) is 3. The fraction of sp³-hybridized carbons (Fsp3) is 0.196. The number of esters is 1. The number of H-pyrrole nitrogens is 1. The Labute approximate surface area is 349 Å². The highest BCUT2D eigenvalue weighted by Gasteiger charge is 2.51. The molecule has 7 aromatic rings. The molecule has 0 radical (unpaired) electrons. The summed E-state index contributed by atoms with van der Waals surface area (Å²) in [6.07, 6.45) is -4.02. The lowest BCUT2D eigenvalue weighted by molar-refractivity contribution is -0.247. The zero-order valence-corrected chi connectivity index (χ0v) is 33.0. The Morgan fingerprint density at radius 1 is 0.787 bits per heavy atom. The van der Waals surface area contributed by atoms with Crippen molar-refractivity contribution in [3.8, 4) is 17.2 Å². The van der Waals surface area contributed by atoms with E-state index in [1.54, 1.807) is 93.1 Å². The number of anilines is 1. The van der Waals surface area contributed by atoms with Crippen molar-refractivity contribution < 1.29 is 43.1 Å². The number of methoxy groups -OCH3 is 2. The van der Waals surface area contributed by atoms with Crippen LogP contribution in [0.25, 0.3) is 11.2 Å². The number of amides is 1. The number of carbonyl (C=O) groups excluding carboxylic acids is 2. The first-order valence-electron chi connectivity index (χ1n) is 19.3. The van der Waals surface area contributed by atoms with Crippen molar-refractivity contribution in [2.75, 3.05) is 32.8 Å². The second-order valence-electron chi connectivity index (χ2n) is 14.0. The minimum Gasteiger partial charge on any atom is -0.497 e. The summed E-state index contributed by atoms with van der Waals surface area (Å²) < 4.78 is 38.2. The molecule has 0 spiro atoms. The summed E-state index contributed by atoms with van der Waals surface area (Å²) >= 11 is 0. The predicted octanol–water partition coefficient (Wildman–Crippen LogP) is 5.65. The Balaban J connectivity index is 1.27. The lowest BCUT2D eigenvalue weighted by atomic mass is 9.79. The molecule has 1 saturated heterocycles. The van der Waals surface area contributed by atoms with E-state index in [1.807, 2.05) is 60.7 Å². The Bertz CT molecular complexity index is 2590. The zero-order chi connectivity index (χ0) is 42.3. The third-order valence-corrected chi connectivity index (χ3v) is 10.2. The summed E-state index contributed by atoms with van der Waals surface area (Å²) in [6, 6.07) is 41.2. The first-order valence-corrected chi connectivity index (χ1v) is 19.3. The van der Waals surface area contributed by atoms with E-state index in [9.17, 15) is 19.5 Å². The number of nitrogens with one attached hydrogen (secondary N) is 2. The van der Waals surface area contributed by atoms with Gasteiger partial charge in [-0.1, -0.05) is 91.0 Å². The third kappa shape index (κ3) is 8.43. The van der Waals surface area contributed by atoms with E-state index in [0.717, 1.165) is 0 Å². The molecule has 1 aliphatic heterocycles. The van der Waals surface area contributed by atoms with E-state index < -0.39 is 47.6 Å². The molecule has 15 heteroatoms. The van der Waals surface area contributed by atoms with Crippen molar-refractivity contribution in [1.29, 1.82) is 0 Å². The number of fused-ring (bicyclic) bond motifs is 1. The van der Waals surface area contributed by atoms with Crippen molar-refractivity contribution in [3.05, 3.63) is 178 Å². The van der Waals surface area contributed by atoms with Gasteiger partial charge in [0, 0.05) is 0 Å². The van der Waals surface area contributed by atoms with Gasteiger partial charge >= 0.3 is 5.97 Å². The summed E-state index contributed by atoms with van der Waals surface area (Å²) in [6.45, 7) is -0.679. The molecule has 15 nitrogen and oxygen atoms in total. The number of hydrogen-bond acceptors (Lipinski definition) is 12. The minimum atomic E-state index is -1.50. The molecule has 1 fully saturated rings. The van der Waals surface area contributed by atoms with Crippen LogP contribution in [0.15, 0.2) is 151 Å². The number of nitrogens with zero attached hydrogens (tertiary/aromatic N) is 3. The Kier molecular flexibility index (Phi) is 11.9. The molecule has 310 valence electrons. The zero-order valence-electron chi connectivity index (χ0n) is 33.0. The Hall–Kier alpha value is -7.33. The van der Waals surface area contributed by atoms with Gasteiger partial charge in [-0.3, -0.25) is 24.5 Å². The fourth-order valence-corrected chi connectivity index (χ4v) is 7.28. The van der Waals surface area contributed by atoms with Gasteiger partial charge in [-0.15, -0.1) is 0 Å². The van der Waals surface area contributed by atoms with Crippen LogP contribution < -0.4 is 25.1 Å². The van der Waals surface area contributed by atoms with Crippen LogP contribution in [0.5, 0.6) is 17.2 Å². The van der Waals surface area contributed by atoms with Crippen LogP contribution >= 0.6 is 0 Å². The molecule has 5 aromatic carbocycles. The highest BCUT2D eigenvalue weighted by Crippen LogP contribution is 2.46. The quantitative estimate of drug-likeness (QED) is 0.0907. The van der Waals surface area contributed by atoms with E-state index >= 15 is 0 Å². The maximum Gasteiger partial charge on any atom is 0.338 e. The first kappa shape index (κ1) is 40.4. The maximum atomic E-state index is 13.9. The van der Waals surface area contributed by atoms with Crippen molar-refractivity contribution in [2.45, 2.75) is 30.1 Å². The number of aliphatic hydroxyl groups is 1. The number of aromatic nitrogens is 4. The average molecular weight is 824 g/mol. The highest BCUT2D eigenvalue weighted by atomic mass is 16.6. The third-order valence-electron chi connectivity index (χ3n) is 10.2. The molecular formula is C46H41N5O10. The molecule has 4 atom stereocenters. The Morgan fingerprint density at radius 2 is 1.36 bits per heavy atom. The summed E-state index contributed by atoms with van der Waals surface area (Å²) in [5.41, 5.74) is -0.0269. The smallest absolute Gasteiger partial charge is 0.338 e.